The van der Waals surface area contributed by atoms with E-state index < -0.39 is 0 Å². The molecule has 0 radical (unpaired) electrons. The number of carbonyl (C=O) groups excluding carboxylic acids is 2. The fraction of sp³-hybridized carbons (Fsp3) is 0.636. The number of amides is 2. The zero-order valence-electron chi connectivity index (χ0n) is 17.6. The molecule has 2 fully saturated rings. The number of nitrogens with zero attached hydrogens (tertiary/aromatic N) is 4. The SMILES string of the molecule is CCCN(CCC)C(=O)C1CC(=O)N(c2ccc(N3CCN(C)CC3)cc2)C1. The molecule has 0 aromatic heterocycles. The molecular weight excluding hydrogens is 352 g/mol. The van der Waals surface area contributed by atoms with Crippen LogP contribution >= 0.6 is 0 Å². The van der Waals surface area contributed by atoms with Crippen LogP contribution in [0.25, 0.3) is 0 Å². The van der Waals surface area contributed by atoms with Crippen LogP contribution in [0.2, 0.25) is 0 Å². The third kappa shape index (κ3) is 4.66. The molecule has 0 N–H and O–H groups in total. The van der Waals surface area contributed by atoms with Gasteiger partial charge in [0.15, 0.2) is 0 Å². The Kier molecular flexibility index (Phi) is 6.94. The number of benzene rings is 1. The molecule has 2 heterocycles. The molecule has 2 aliphatic rings. The fourth-order valence-electron chi connectivity index (χ4n) is 4.16. The van der Waals surface area contributed by atoms with Gasteiger partial charge in [-0.05, 0) is 44.2 Å². The van der Waals surface area contributed by atoms with Crippen molar-refractivity contribution in [1.29, 1.82) is 0 Å². The molecule has 1 aromatic carbocycles. The predicted molar refractivity (Wildman–Crippen MR) is 114 cm³/mol. The molecule has 2 aliphatic heterocycles. The first kappa shape index (κ1) is 20.6. The lowest BCUT2D eigenvalue weighted by Crippen LogP contribution is -2.44. The van der Waals surface area contributed by atoms with Crippen LogP contribution < -0.4 is 9.80 Å². The van der Waals surface area contributed by atoms with E-state index >= 15 is 0 Å². The zero-order valence-corrected chi connectivity index (χ0v) is 17.6. The van der Waals surface area contributed by atoms with Gasteiger partial charge < -0.3 is 19.6 Å². The lowest BCUT2D eigenvalue weighted by molar-refractivity contribution is -0.135. The van der Waals surface area contributed by atoms with Crippen molar-refractivity contribution in [2.45, 2.75) is 33.1 Å². The second-order valence-electron chi connectivity index (χ2n) is 8.04. The Morgan fingerprint density at radius 1 is 1.00 bits per heavy atom. The monoisotopic (exact) mass is 386 g/mol. The maximum absolute atomic E-state index is 12.9. The van der Waals surface area contributed by atoms with E-state index in [1.807, 2.05) is 17.0 Å². The van der Waals surface area contributed by atoms with E-state index in [2.05, 4.69) is 42.8 Å². The van der Waals surface area contributed by atoms with E-state index in [1.54, 1.807) is 4.90 Å². The Balaban J connectivity index is 1.64. The van der Waals surface area contributed by atoms with E-state index in [9.17, 15) is 9.59 Å². The van der Waals surface area contributed by atoms with Crippen molar-refractivity contribution in [3.8, 4) is 0 Å². The Bertz CT molecular complexity index is 662. The van der Waals surface area contributed by atoms with Crippen molar-refractivity contribution < 1.29 is 9.59 Å². The van der Waals surface area contributed by atoms with Crippen LogP contribution in [0.1, 0.15) is 33.1 Å². The Morgan fingerprint density at radius 3 is 2.14 bits per heavy atom. The number of likely N-dealkylation sites (N-methyl/N-ethyl adjacent to an activating group) is 1. The van der Waals surface area contributed by atoms with E-state index in [1.165, 1.54) is 5.69 Å². The van der Waals surface area contributed by atoms with Crippen LogP contribution in [-0.2, 0) is 9.59 Å². The number of rotatable bonds is 7. The van der Waals surface area contributed by atoms with Gasteiger partial charge in [-0.2, -0.15) is 0 Å². The Morgan fingerprint density at radius 2 is 1.57 bits per heavy atom. The van der Waals surface area contributed by atoms with Gasteiger partial charge in [0, 0.05) is 63.6 Å². The summed E-state index contributed by atoms with van der Waals surface area (Å²) < 4.78 is 0. The van der Waals surface area contributed by atoms with Gasteiger partial charge in [0.05, 0.1) is 5.92 Å². The maximum Gasteiger partial charge on any atom is 0.228 e. The Labute approximate surface area is 169 Å². The predicted octanol–water partition coefficient (Wildman–Crippen LogP) is 2.44. The number of hydrogen-bond donors (Lipinski definition) is 0. The van der Waals surface area contributed by atoms with E-state index in [4.69, 9.17) is 0 Å². The highest BCUT2D eigenvalue weighted by Crippen LogP contribution is 2.28. The highest BCUT2D eigenvalue weighted by Gasteiger charge is 2.36. The minimum Gasteiger partial charge on any atom is -0.369 e. The summed E-state index contributed by atoms with van der Waals surface area (Å²) in [6.45, 7) is 10.4. The van der Waals surface area contributed by atoms with Crippen molar-refractivity contribution in [1.82, 2.24) is 9.80 Å². The van der Waals surface area contributed by atoms with E-state index in [0.29, 0.717) is 13.0 Å². The van der Waals surface area contributed by atoms with Crippen molar-refractivity contribution in [2.24, 2.45) is 5.92 Å². The van der Waals surface area contributed by atoms with E-state index in [0.717, 1.165) is 57.8 Å². The standard InChI is InChI=1S/C22H34N4O2/c1-4-10-25(11-5-2)22(28)18-16-21(27)26(17-18)20-8-6-19(7-9-20)24-14-12-23(3)13-15-24/h6-9,18H,4-5,10-17H2,1-3H3. The van der Waals surface area contributed by atoms with Crippen molar-refractivity contribution in [3.63, 3.8) is 0 Å². The molecular formula is C22H34N4O2. The zero-order chi connectivity index (χ0) is 20.1. The third-order valence-corrected chi connectivity index (χ3v) is 5.80. The molecule has 0 aliphatic carbocycles. The summed E-state index contributed by atoms with van der Waals surface area (Å²) in [4.78, 5) is 33.9. The highest BCUT2D eigenvalue weighted by atomic mass is 16.2. The van der Waals surface area contributed by atoms with Gasteiger partial charge in [-0.1, -0.05) is 13.8 Å². The van der Waals surface area contributed by atoms with Crippen LogP contribution in [0, 0.1) is 5.92 Å². The lowest BCUT2D eigenvalue weighted by atomic mass is 10.1. The highest BCUT2D eigenvalue weighted by molar-refractivity contribution is 6.00. The first-order valence-corrected chi connectivity index (χ1v) is 10.7. The summed E-state index contributed by atoms with van der Waals surface area (Å²) >= 11 is 0. The van der Waals surface area contributed by atoms with Crippen molar-refractivity contribution in [2.75, 3.05) is 62.7 Å². The summed E-state index contributed by atoms with van der Waals surface area (Å²) in [6, 6.07) is 8.25. The summed E-state index contributed by atoms with van der Waals surface area (Å²) in [5.41, 5.74) is 2.10. The van der Waals surface area contributed by atoms with Gasteiger partial charge in [0.25, 0.3) is 0 Å². The molecule has 154 valence electrons. The molecule has 0 bridgehead atoms. The van der Waals surface area contributed by atoms with Crippen LogP contribution in [0.5, 0.6) is 0 Å². The van der Waals surface area contributed by atoms with Gasteiger partial charge >= 0.3 is 0 Å². The average molecular weight is 387 g/mol. The molecule has 2 amide bonds. The Hall–Kier alpha value is -2.08. The lowest BCUT2D eigenvalue weighted by Gasteiger charge is -2.34. The summed E-state index contributed by atoms with van der Waals surface area (Å²) in [6.07, 6.45) is 2.22. The average Bonchev–Trinajstić information content (AvgIpc) is 3.10. The molecule has 2 saturated heterocycles. The molecule has 6 heteroatoms. The number of anilines is 2. The van der Waals surface area contributed by atoms with Crippen LogP contribution in [0.4, 0.5) is 11.4 Å². The maximum atomic E-state index is 12.9. The first-order chi connectivity index (χ1) is 13.5. The second-order valence-corrected chi connectivity index (χ2v) is 8.04. The van der Waals surface area contributed by atoms with Gasteiger partial charge in [-0.25, -0.2) is 0 Å². The molecule has 6 nitrogen and oxygen atoms in total. The summed E-state index contributed by atoms with van der Waals surface area (Å²) in [5.74, 6) is -0.0323. The van der Waals surface area contributed by atoms with Crippen LogP contribution in [-0.4, -0.2) is 74.5 Å². The smallest absolute Gasteiger partial charge is 0.228 e. The normalized spacial score (nSPS) is 20.7. The molecule has 28 heavy (non-hydrogen) atoms. The van der Waals surface area contributed by atoms with E-state index in [-0.39, 0.29) is 17.7 Å². The van der Waals surface area contributed by atoms with Gasteiger partial charge in [-0.3, -0.25) is 9.59 Å². The largest absolute Gasteiger partial charge is 0.369 e. The van der Waals surface area contributed by atoms with Gasteiger partial charge in [0.2, 0.25) is 11.8 Å². The minimum absolute atomic E-state index is 0.0543. The van der Waals surface area contributed by atoms with Gasteiger partial charge in [0.1, 0.15) is 0 Å². The number of carbonyl (C=O) groups is 2. The van der Waals surface area contributed by atoms with Crippen molar-refractivity contribution in [3.05, 3.63) is 24.3 Å². The molecule has 1 atom stereocenters. The third-order valence-electron chi connectivity index (χ3n) is 5.80. The van der Waals surface area contributed by atoms with Gasteiger partial charge in [-0.15, -0.1) is 0 Å². The topological polar surface area (TPSA) is 47.1 Å². The van der Waals surface area contributed by atoms with Crippen LogP contribution in [0.3, 0.4) is 0 Å². The summed E-state index contributed by atoms with van der Waals surface area (Å²) in [5, 5.41) is 0. The summed E-state index contributed by atoms with van der Waals surface area (Å²) in [7, 11) is 2.15. The quantitative estimate of drug-likeness (QED) is 0.722. The molecule has 1 aromatic rings. The van der Waals surface area contributed by atoms with Crippen LogP contribution in [0.15, 0.2) is 24.3 Å². The molecule has 0 spiro atoms. The first-order valence-electron chi connectivity index (χ1n) is 10.7. The fourth-order valence-corrected chi connectivity index (χ4v) is 4.16. The second kappa shape index (κ2) is 9.41. The van der Waals surface area contributed by atoms with Crippen molar-refractivity contribution >= 4 is 23.2 Å². The molecule has 3 rings (SSSR count). The number of hydrogen-bond acceptors (Lipinski definition) is 4. The molecule has 1 unspecified atom stereocenters. The minimum atomic E-state index is -0.220. The number of piperazine rings is 1. The molecule has 0 saturated carbocycles.